The van der Waals surface area contributed by atoms with Gasteiger partial charge in [0.05, 0.1) is 11.8 Å². The van der Waals surface area contributed by atoms with Gasteiger partial charge in [-0.15, -0.1) is 11.3 Å². The first kappa shape index (κ1) is 11.8. The molecule has 16 heavy (non-hydrogen) atoms. The van der Waals surface area contributed by atoms with E-state index in [1.165, 1.54) is 6.42 Å². The fourth-order valence-corrected chi connectivity index (χ4v) is 2.90. The lowest BCUT2D eigenvalue weighted by Crippen LogP contribution is -2.31. The number of rotatable bonds is 3. The highest BCUT2D eigenvalue weighted by atomic mass is 32.1. The zero-order chi connectivity index (χ0) is 11.7. The zero-order valence-electron chi connectivity index (χ0n) is 10.1. The number of anilines is 1. The number of nitrogens with zero attached hydrogens (tertiary/aromatic N) is 3. The summed E-state index contributed by atoms with van der Waals surface area (Å²) in [7, 11) is 4.24. The van der Waals surface area contributed by atoms with Crippen LogP contribution in [-0.4, -0.2) is 48.2 Å². The van der Waals surface area contributed by atoms with Gasteiger partial charge in [0.25, 0.3) is 0 Å². The highest BCUT2D eigenvalue weighted by molar-refractivity contribution is 7.13. The van der Waals surface area contributed by atoms with E-state index < -0.39 is 6.10 Å². The minimum atomic E-state index is -0.461. The molecule has 2 atom stereocenters. The van der Waals surface area contributed by atoms with Crippen LogP contribution in [0.15, 0.2) is 5.38 Å². The van der Waals surface area contributed by atoms with Crippen molar-refractivity contribution in [3.63, 3.8) is 0 Å². The third kappa shape index (κ3) is 2.36. The largest absolute Gasteiger partial charge is 0.387 e. The topological polar surface area (TPSA) is 39.6 Å². The minimum Gasteiger partial charge on any atom is -0.387 e. The Bertz CT molecular complexity index is 351. The van der Waals surface area contributed by atoms with Crippen molar-refractivity contribution in [1.29, 1.82) is 0 Å². The second-order valence-electron chi connectivity index (χ2n) is 4.58. The normalized spacial score (nSPS) is 23.1. The van der Waals surface area contributed by atoms with E-state index in [0.717, 1.165) is 23.9 Å². The molecular weight excluding hydrogens is 222 g/mol. The fourth-order valence-electron chi connectivity index (χ4n) is 1.95. The van der Waals surface area contributed by atoms with E-state index in [9.17, 15) is 5.11 Å². The van der Waals surface area contributed by atoms with Crippen molar-refractivity contribution in [1.82, 2.24) is 9.88 Å². The highest BCUT2D eigenvalue weighted by Crippen LogP contribution is 2.27. The summed E-state index contributed by atoms with van der Waals surface area (Å²) in [4.78, 5) is 9.04. The van der Waals surface area contributed by atoms with Gasteiger partial charge in [0.1, 0.15) is 0 Å². The summed E-state index contributed by atoms with van der Waals surface area (Å²) in [6.45, 7) is 3.86. The number of aliphatic hydroxyl groups is 1. The van der Waals surface area contributed by atoms with Crippen molar-refractivity contribution in [3.8, 4) is 0 Å². The molecule has 4 nitrogen and oxygen atoms in total. The zero-order valence-corrected chi connectivity index (χ0v) is 10.9. The molecule has 2 rings (SSSR count). The number of aromatic nitrogens is 1. The maximum absolute atomic E-state index is 9.44. The summed E-state index contributed by atoms with van der Waals surface area (Å²) in [6.07, 6.45) is 0.730. The summed E-state index contributed by atoms with van der Waals surface area (Å²) in [6, 6.07) is 0.624. The van der Waals surface area contributed by atoms with Crippen molar-refractivity contribution in [2.24, 2.45) is 0 Å². The van der Waals surface area contributed by atoms with Gasteiger partial charge >= 0.3 is 0 Å². The smallest absolute Gasteiger partial charge is 0.185 e. The first-order valence-electron chi connectivity index (χ1n) is 5.63. The lowest BCUT2D eigenvalue weighted by molar-refractivity contribution is 0.195. The lowest BCUT2D eigenvalue weighted by Gasteiger charge is -2.19. The van der Waals surface area contributed by atoms with Crippen LogP contribution in [0.1, 0.15) is 25.1 Å². The molecule has 0 spiro atoms. The SMILES string of the molecule is CC(O)c1csc(N2CCC(N(C)C)C2)n1. The number of aliphatic hydroxyl groups excluding tert-OH is 1. The Morgan fingerprint density at radius 3 is 2.88 bits per heavy atom. The van der Waals surface area contributed by atoms with Crippen molar-refractivity contribution in [3.05, 3.63) is 11.1 Å². The Morgan fingerprint density at radius 2 is 2.38 bits per heavy atom. The molecule has 0 bridgehead atoms. The van der Waals surface area contributed by atoms with Crippen molar-refractivity contribution in [2.45, 2.75) is 25.5 Å². The van der Waals surface area contributed by atoms with Gasteiger partial charge in [0.15, 0.2) is 5.13 Å². The van der Waals surface area contributed by atoms with Crippen LogP contribution in [-0.2, 0) is 0 Å². The van der Waals surface area contributed by atoms with E-state index in [-0.39, 0.29) is 0 Å². The molecule has 2 heterocycles. The maximum atomic E-state index is 9.44. The van der Waals surface area contributed by atoms with Gasteiger partial charge in [0, 0.05) is 24.5 Å². The lowest BCUT2D eigenvalue weighted by atomic mass is 10.2. The molecule has 0 amide bonds. The van der Waals surface area contributed by atoms with Crippen LogP contribution in [0.25, 0.3) is 0 Å². The van der Waals surface area contributed by atoms with Crippen LogP contribution >= 0.6 is 11.3 Å². The molecule has 1 aliphatic heterocycles. The van der Waals surface area contributed by atoms with E-state index in [0.29, 0.717) is 6.04 Å². The molecule has 1 aromatic heterocycles. The van der Waals surface area contributed by atoms with E-state index in [1.54, 1.807) is 18.3 Å². The van der Waals surface area contributed by atoms with Gasteiger partial charge in [-0.25, -0.2) is 4.98 Å². The average Bonchev–Trinajstić information content (AvgIpc) is 2.86. The second kappa shape index (κ2) is 4.69. The summed E-state index contributed by atoms with van der Waals surface area (Å²) < 4.78 is 0. The van der Waals surface area contributed by atoms with Gasteiger partial charge in [0.2, 0.25) is 0 Å². The Hall–Kier alpha value is -0.650. The molecule has 0 radical (unpaired) electrons. The minimum absolute atomic E-state index is 0.461. The maximum Gasteiger partial charge on any atom is 0.185 e. The standard InChI is InChI=1S/C11H19N3OS/c1-8(15)10-7-16-11(12-10)14-5-4-9(6-14)13(2)3/h7-9,15H,4-6H2,1-3H3. The summed E-state index contributed by atoms with van der Waals surface area (Å²) >= 11 is 1.63. The van der Waals surface area contributed by atoms with Gasteiger partial charge in [-0.3, -0.25) is 0 Å². The Labute approximate surface area is 101 Å². The molecule has 1 fully saturated rings. The monoisotopic (exact) mass is 241 g/mol. The first-order valence-corrected chi connectivity index (χ1v) is 6.50. The van der Waals surface area contributed by atoms with Gasteiger partial charge in [-0.05, 0) is 27.4 Å². The Balaban J connectivity index is 2.03. The van der Waals surface area contributed by atoms with Crippen molar-refractivity contribution in [2.75, 3.05) is 32.1 Å². The number of thiazole rings is 1. The average molecular weight is 241 g/mol. The molecule has 2 unspecified atom stereocenters. The second-order valence-corrected chi connectivity index (χ2v) is 5.42. The predicted octanol–water partition coefficient (Wildman–Crippen LogP) is 1.34. The van der Waals surface area contributed by atoms with Crippen LogP contribution in [0.4, 0.5) is 5.13 Å². The summed E-state index contributed by atoms with van der Waals surface area (Å²) in [5, 5.41) is 12.4. The van der Waals surface area contributed by atoms with Crippen LogP contribution in [0.5, 0.6) is 0 Å². The van der Waals surface area contributed by atoms with E-state index >= 15 is 0 Å². The molecule has 1 saturated heterocycles. The van der Waals surface area contributed by atoms with Gasteiger partial charge < -0.3 is 14.9 Å². The number of hydrogen-bond acceptors (Lipinski definition) is 5. The van der Waals surface area contributed by atoms with Crippen molar-refractivity contribution >= 4 is 16.5 Å². The first-order chi connectivity index (χ1) is 7.58. The van der Waals surface area contributed by atoms with Gasteiger partial charge in [-0.1, -0.05) is 0 Å². The predicted molar refractivity (Wildman–Crippen MR) is 67.1 cm³/mol. The van der Waals surface area contributed by atoms with Crippen LogP contribution in [0.3, 0.4) is 0 Å². The molecule has 1 N–H and O–H groups in total. The number of likely N-dealkylation sites (N-methyl/N-ethyl adjacent to an activating group) is 1. The van der Waals surface area contributed by atoms with Crippen molar-refractivity contribution < 1.29 is 5.11 Å². The van der Waals surface area contributed by atoms with Crippen LogP contribution in [0.2, 0.25) is 0 Å². The molecule has 5 heteroatoms. The Morgan fingerprint density at radius 1 is 1.62 bits per heavy atom. The van der Waals surface area contributed by atoms with Gasteiger partial charge in [-0.2, -0.15) is 0 Å². The third-order valence-electron chi connectivity index (χ3n) is 3.10. The van der Waals surface area contributed by atoms with E-state index in [2.05, 4.69) is 28.9 Å². The number of hydrogen-bond donors (Lipinski definition) is 1. The van der Waals surface area contributed by atoms with E-state index in [4.69, 9.17) is 0 Å². The molecule has 90 valence electrons. The molecular formula is C11H19N3OS. The highest BCUT2D eigenvalue weighted by Gasteiger charge is 2.26. The molecule has 0 aliphatic carbocycles. The summed E-state index contributed by atoms with van der Waals surface area (Å²) in [5.74, 6) is 0. The molecule has 0 saturated carbocycles. The quantitative estimate of drug-likeness (QED) is 0.867. The van der Waals surface area contributed by atoms with Crippen LogP contribution in [0, 0.1) is 0 Å². The summed E-state index contributed by atoms with van der Waals surface area (Å²) in [5.41, 5.74) is 0.785. The molecule has 1 aliphatic rings. The molecule has 1 aromatic rings. The fraction of sp³-hybridized carbons (Fsp3) is 0.727. The Kier molecular flexibility index (Phi) is 3.47. The third-order valence-corrected chi connectivity index (χ3v) is 4.02. The molecule has 0 aromatic carbocycles. The van der Waals surface area contributed by atoms with E-state index in [1.807, 2.05) is 5.38 Å². The van der Waals surface area contributed by atoms with Crippen LogP contribution < -0.4 is 4.90 Å².